The molecule has 4 rings (SSSR count). The number of nitrogens with zero attached hydrogens (tertiary/aromatic N) is 5. The van der Waals surface area contributed by atoms with Gasteiger partial charge in [0.05, 0.1) is 23.0 Å². The largest absolute Gasteiger partial charge is 0.497 e. The molecule has 2 aromatic heterocycles. The molecule has 1 aliphatic rings. The third-order valence-electron chi connectivity index (χ3n) is 4.27. The predicted octanol–water partition coefficient (Wildman–Crippen LogP) is 2.43. The van der Waals surface area contributed by atoms with Gasteiger partial charge in [-0.1, -0.05) is 15.8 Å². The van der Waals surface area contributed by atoms with Crippen molar-refractivity contribution in [3.63, 3.8) is 0 Å². The van der Waals surface area contributed by atoms with Gasteiger partial charge in [0.1, 0.15) is 10.6 Å². The van der Waals surface area contributed by atoms with Gasteiger partial charge < -0.3 is 14.5 Å². The molecule has 9 heteroatoms. The number of fused-ring (bicyclic) bond motifs is 1. The van der Waals surface area contributed by atoms with Gasteiger partial charge in [-0.05, 0) is 36.7 Å². The number of aromatic nitrogens is 3. The van der Waals surface area contributed by atoms with E-state index < -0.39 is 0 Å². The number of anilines is 1. The Hall–Kier alpha value is -2.26. The first-order valence-corrected chi connectivity index (χ1v) is 9.52. The average Bonchev–Trinajstić information content (AvgIpc) is 3.26. The molecule has 0 spiro atoms. The Morgan fingerprint density at radius 2 is 2.04 bits per heavy atom. The molecule has 1 saturated heterocycles. The highest BCUT2D eigenvalue weighted by Crippen LogP contribution is 2.32. The number of methoxy groups -OCH3 is 1. The molecule has 1 fully saturated rings. The number of ether oxygens (including phenoxy) is 1. The Morgan fingerprint density at radius 3 is 2.72 bits per heavy atom. The van der Waals surface area contributed by atoms with Crippen LogP contribution in [-0.2, 0) is 0 Å². The minimum atomic E-state index is 0.0289. The second kappa shape index (κ2) is 6.57. The van der Waals surface area contributed by atoms with Gasteiger partial charge in [-0.3, -0.25) is 4.79 Å². The maximum absolute atomic E-state index is 12.5. The molecule has 0 radical (unpaired) electrons. The molecule has 25 heavy (non-hydrogen) atoms. The zero-order chi connectivity index (χ0) is 17.4. The molecular formula is C16H17N5O2S2. The highest BCUT2D eigenvalue weighted by atomic mass is 32.1. The van der Waals surface area contributed by atoms with E-state index in [0.29, 0.717) is 23.7 Å². The van der Waals surface area contributed by atoms with Crippen molar-refractivity contribution in [1.29, 1.82) is 0 Å². The second-order valence-electron chi connectivity index (χ2n) is 5.80. The van der Waals surface area contributed by atoms with Crippen molar-refractivity contribution in [2.75, 3.05) is 38.2 Å². The summed E-state index contributed by atoms with van der Waals surface area (Å²) < 4.78 is 10.2. The summed E-state index contributed by atoms with van der Waals surface area (Å²) >= 11 is 2.82. The normalized spacial score (nSPS) is 15.0. The van der Waals surface area contributed by atoms with Crippen LogP contribution in [0.1, 0.15) is 15.4 Å². The summed E-state index contributed by atoms with van der Waals surface area (Å²) in [7, 11) is 1.67. The Morgan fingerprint density at radius 1 is 1.24 bits per heavy atom. The third kappa shape index (κ3) is 3.05. The molecular weight excluding hydrogens is 358 g/mol. The fourth-order valence-corrected chi connectivity index (χ4v) is 4.50. The zero-order valence-electron chi connectivity index (χ0n) is 13.9. The molecule has 3 heterocycles. The lowest BCUT2D eigenvalue weighted by atomic mass is 10.3. The van der Waals surface area contributed by atoms with Crippen molar-refractivity contribution in [3.05, 3.63) is 28.8 Å². The van der Waals surface area contributed by atoms with Gasteiger partial charge in [0, 0.05) is 26.2 Å². The molecule has 1 aliphatic heterocycles. The molecule has 0 bridgehead atoms. The number of aryl methyl sites for hydroxylation is 1. The Labute approximate surface area is 153 Å². The summed E-state index contributed by atoms with van der Waals surface area (Å²) in [6.07, 6.45) is 0. The van der Waals surface area contributed by atoms with Crippen LogP contribution in [0.2, 0.25) is 0 Å². The maximum atomic E-state index is 12.5. The van der Waals surface area contributed by atoms with Crippen molar-refractivity contribution in [2.45, 2.75) is 6.92 Å². The monoisotopic (exact) mass is 375 g/mol. The first-order valence-electron chi connectivity index (χ1n) is 7.93. The summed E-state index contributed by atoms with van der Waals surface area (Å²) in [4.78, 5) is 22.0. The third-order valence-corrected chi connectivity index (χ3v) is 6.16. The molecule has 0 unspecified atom stereocenters. The Balaban J connectivity index is 1.46. The van der Waals surface area contributed by atoms with Gasteiger partial charge in [0.2, 0.25) is 0 Å². The molecule has 130 valence electrons. The number of amides is 1. The first-order chi connectivity index (χ1) is 12.2. The van der Waals surface area contributed by atoms with E-state index in [2.05, 4.69) is 14.5 Å². The van der Waals surface area contributed by atoms with Crippen LogP contribution in [0.5, 0.6) is 5.75 Å². The topological polar surface area (TPSA) is 71.5 Å². The van der Waals surface area contributed by atoms with Crippen LogP contribution < -0.4 is 9.64 Å². The van der Waals surface area contributed by atoms with E-state index in [-0.39, 0.29) is 5.91 Å². The van der Waals surface area contributed by atoms with Crippen LogP contribution in [0.15, 0.2) is 18.2 Å². The van der Waals surface area contributed by atoms with Crippen LogP contribution >= 0.6 is 22.9 Å². The highest BCUT2D eigenvalue weighted by Gasteiger charge is 2.26. The average molecular weight is 375 g/mol. The quantitative estimate of drug-likeness (QED) is 0.700. The molecule has 0 N–H and O–H groups in total. The summed E-state index contributed by atoms with van der Waals surface area (Å²) in [5.41, 5.74) is 1.68. The van der Waals surface area contributed by atoms with E-state index in [4.69, 9.17) is 9.72 Å². The fraction of sp³-hybridized carbons (Fsp3) is 0.375. The molecule has 1 aromatic carbocycles. The number of hydrogen-bond donors (Lipinski definition) is 0. The second-order valence-corrected chi connectivity index (χ2v) is 7.56. The summed E-state index contributed by atoms with van der Waals surface area (Å²) in [5.74, 6) is 0.868. The molecule has 0 saturated carbocycles. The molecule has 0 aliphatic carbocycles. The van der Waals surface area contributed by atoms with Crippen LogP contribution in [0.3, 0.4) is 0 Å². The van der Waals surface area contributed by atoms with Crippen molar-refractivity contribution in [3.8, 4) is 5.75 Å². The van der Waals surface area contributed by atoms with Crippen molar-refractivity contribution in [1.82, 2.24) is 19.5 Å². The number of hydrogen-bond acceptors (Lipinski definition) is 8. The minimum Gasteiger partial charge on any atom is -0.497 e. The highest BCUT2D eigenvalue weighted by molar-refractivity contribution is 7.22. The number of piperazine rings is 1. The predicted molar refractivity (Wildman–Crippen MR) is 98.9 cm³/mol. The van der Waals surface area contributed by atoms with Crippen molar-refractivity contribution >= 4 is 44.1 Å². The van der Waals surface area contributed by atoms with Crippen LogP contribution in [0.25, 0.3) is 10.2 Å². The smallest absolute Gasteiger partial charge is 0.267 e. The molecule has 7 nitrogen and oxygen atoms in total. The van der Waals surface area contributed by atoms with E-state index in [1.165, 1.54) is 11.5 Å². The molecule has 0 atom stereocenters. The summed E-state index contributed by atoms with van der Waals surface area (Å²) in [6.45, 7) is 4.72. The zero-order valence-corrected chi connectivity index (χ0v) is 15.6. The number of benzene rings is 1. The van der Waals surface area contributed by atoms with Crippen molar-refractivity contribution < 1.29 is 9.53 Å². The van der Waals surface area contributed by atoms with E-state index in [1.807, 2.05) is 30.0 Å². The van der Waals surface area contributed by atoms with Gasteiger partial charge >= 0.3 is 0 Å². The number of rotatable bonds is 3. The van der Waals surface area contributed by atoms with Gasteiger partial charge in [0.15, 0.2) is 5.13 Å². The van der Waals surface area contributed by atoms with Crippen molar-refractivity contribution in [2.24, 2.45) is 0 Å². The Kier molecular flexibility index (Phi) is 4.26. The maximum Gasteiger partial charge on any atom is 0.267 e. The standard InChI is InChI=1S/C16H17N5O2S2/c1-10-14(25-19-18-10)15(22)20-5-7-21(8-6-20)16-17-12-4-3-11(23-2)9-13(12)24-16/h3-4,9H,5-8H2,1-2H3. The van der Waals surface area contributed by atoms with Gasteiger partial charge in [0.25, 0.3) is 5.91 Å². The minimum absolute atomic E-state index is 0.0289. The van der Waals surface area contributed by atoms with Crippen LogP contribution in [-0.4, -0.2) is 58.7 Å². The summed E-state index contributed by atoms with van der Waals surface area (Å²) in [5, 5.41) is 4.92. The van der Waals surface area contributed by atoms with Crippen LogP contribution in [0, 0.1) is 6.92 Å². The lowest BCUT2D eigenvalue weighted by Crippen LogP contribution is -2.48. The van der Waals surface area contributed by atoms with Crippen LogP contribution in [0.4, 0.5) is 5.13 Å². The molecule has 1 amide bonds. The number of carbonyl (C=O) groups excluding carboxylic acids is 1. The lowest BCUT2D eigenvalue weighted by molar-refractivity contribution is 0.0750. The van der Waals surface area contributed by atoms with Gasteiger partial charge in [-0.15, -0.1) is 5.10 Å². The van der Waals surface area contributed by atoms with E-state index >= 15 is 0 Å². The fourth-order valence-electron chi connectivity index (χ4n) is 2.83. The first kappa shape index (κ1) is 16.2. The van der Waals surface area contributed by atoms with Gasteiger partial charge in [-0.25, -0.2) is 4.98 Å². The summed E-state index contributed by atoms with van der Waals surface area (Å²) in [6, 6.07) is 5.91. The van der Waals surface area contributed by atoms with E-state index in [0.717, 1.165) is 34.2 Å². The number of thiazole rings is 1. The Bertz CT molecular complexity index is 914. The lowest BCUT2D eigenvalue weighted by Gasteiger charge is -2.34. The van der Waals surface area contributed by atoms with E-state index in [1.54, 1.807) is 18.4 Å². The molecule has 3 aromatic rings. The van der Waals surface area contributed by atoms with Gasteiger partial charge in [-0.2, -0.15) is 0 Å². The van der Waals surface area contributed by atoms with E-state index in [9.17, 15) is 4.79 Å². The SMILES string of the molecule is COc1ccc2nc(N3CCN(C(=O)c4snnc4C)CC3)sc2c1. The number of carbonyl (C=O) groups is 1.